The number of carbonyl (C=O) groups excluding carboxylic acids is 1. The van der Waals surface area contributed by atoms with Gasteiger partial charge in [-0.1, -0.05) is 36.4 Å². The number of amides is 1. The van der Waals surface area contributed by atoms with Gasteiger partial charge in [0.05, 0.1) is 13.0 Å². The molecule has 0 aromatic heterocycles. The molecule has 0 aliphatic rings. The van der Waals surface area contributed by atoms with Gasteiger partial charge in [-0.2, -0.15) is 18.3 Å². The minimum Gasteiger partial charge on any atom is -0.496 e. The predicted molar refractivity (Wildman–Crippen MR) is 147 cm³/mol. The molecule has 1 unspecified atom stereocenters. The van der Waals surface area contributed by atoms with E-state index in [9.17, 15) is 18.0 Å². The molecule has 0 radical (unpaired) electrons. The van der Waals surface area contributed by atoms with Gasteiger partial charge in [-0.3, -0.25) is 9.80 Å². The van der Waals surface area contributed by atoms with Gasteiger partial charge in [-0.25, -0.2) is 0 Å². The van der Waals surface area contributed by atoms with Crippen molar-refractivity contribution in [2.45, 2.75) is 53.3 Å². The van der Waals surface area contributed by atoms with Gasteiger partial charge in [0.15, 0.2) is 5.71 Å². The van der Waals surface area contributed by atoms with Crippen LogP contribution in [-0.2, 0) is 9.53 Å². The van der Waals surface area contributed by atoms with Crippen LogP contribution in [0.3, 0.4) is 0 Å². The monoisotopic (exact) mass is 603 g/mol. The van der Waals surface area contributed by atoms with E-state index in [0.29, 0.717) is 18.8 Å². The highest BCUT2D eigenvalue weighted by molar-refractivity contribution is 9.11. The number of hydrogen-bond donors (Lipinski definition) is 1. The Morgan fingerprint density at radius 3 is 2.28 bits per heavy atom. The van der Waals surface area contributed by atoms with E-state index in [4.69, 9.17) is 22.1 Å². The molecule has 0 bridgehead atoms. The summed E-state index contributed by atoms with van der Waals surface area (Å²) in [6.07, 6.45) is -1.13. The summed E-state index contributed by atoms with van der Waals surface area (Å²) in [7, 11) is 3.45. The Labute approximate surface area is 227 Å². The highest BCUT2D eigenvalue weighted by atomic mass is 79.9. The summed E-state index contributed by atoms with van der Waals surface area (Å²) in [6, 6.07) is -0.175. The Hall–Kier alpha value is -1.72. The van der Waals surface area contributed by atoms with Gasteiger partial charge < -0.3 is 20.3 Å². The fourth-order valence-electron chi connectivity index (χ4n) is 3.15. The number of allylic oxidation sites excluding steroid dienone is 3. The van der Waals surface area contributed by atoms with Gasteiger partial charge in [0.2, 0.25) is 5.91 Å². The molecule has 0 fully saturated rings. The van der Waals surface area contributed by atoms with Crippen LogP contribution < -0.4 is 5.73 Å². The van der Waals surface area contributed by atoms with Crippen molar-refractivity contribution in [2.24, 2.45) is 10.8 Å². The third kappa shape index (κ3) is 13.5. The second kappa shape index (κ2) is 19.4. The van der Waals surface area contributed by atoms with Crippen LogP contribution in [0.15, 0.2) is 39.8 Å². The molecule has 1 atom stereocenters. The first kappa shape index (κ1) is 36.4. The molecule has 0 aromatic rings. The minimum atomic E-state index is -4.64. The Morgan fingerprint density at radius 1 is 1.31 bits per heavy atom. The van der Waals surface area contributed by atoms with Crippen molar-refractivity contribution < 1.29 is 22.7 Å². The first-order valence-electron chi connectivity index (χ1n) is 11.8. The van der Waals surface area contributed by atoms with Crippen molar-refractivity contribution in [1.82, 2.24) is 14.8 Å². The predicted octanol–water partition coefficient (Wildman–Crippen LogP) is 5.33. The van der Waals surface area contributed by atoms with Crippen LogP contribution in [-0.4, -0.2) is 91.4 Å². The first-order chi connectivity index (χ1) is 16.9. The molecule has 12 heteroatoms. The quantitative estimate of drug-likeness (QED) is 0.0899. The number of likely N-dealkylation sites (N-methyl/N-ethyl adjacent to an activating group) is 2. The number of nitrogens with two attached hydrogens (primary N) is 1. The SMILES string of the molecule is C=C/C(=C\C(OC)=C(/C)Br)N(C)CC(C)N(CC)C(=O)CCN(CCN)/N=C(\CCl)C(F)(F)F.CC. The van der Waals surface area contributed by atoms with Gasteiger partial charge in [-0.15, -0.1) is 11.6 Å². The van der Waals surface area contributed by atoms with Crippen LogP contribution in [0.2, 0.25) is 0 Å². The fraction of sp³-hybridized carbons (Fsp3) is 0.667. The molecule has 0 aromatic carbocycles. The van der Waals surface area contributed by atoms with Crippen LogP contribution in [0.1, 0.15) is 41.0 Å². The molecular weight excluding hydrogens is 563 g/mol. The lowest BCUT2D eigenvalue weighted by molar-refractivity contribution is -0.133. The smallest absolute Gasteiger partial charge is 0.432 e. The number of alkyl halides is 4. The topological polar surface area (TPSA) is 74.4 Å². The summed E-state index contributed by atoms with van der Waals surface area (Å²) in [5.41, 5.74) is 5.18. The van der Waals surface area contributed by atoms with E-state index in [1.165, 1.54) is 0 Å². The van der Waals surface area contributed by atoms with E-state index < -0.39 is 17.8 Å². The zero-order valence-electron chi connectivity index (χ0n) is 22.5. The molecule has 36 heavy (non-hydrogen) atoms. The summed E-state index contributed by atoms with van der Waals surface area (Å²) < 4.78 is 45.2. The van der Waals surface area contributed by atoms with Gasteiger partial charge in [-0.05, 0) is 26.8 Å². The van der Waals surface area contributed by atoms with Crippen molar-refractivity contribution in [1.29, 1.82) is 0 Å². The minimum absolute atomic E-state index is 0.00407. The molecule has 0 heterocycles. The van der Waals surface area contributed by atoms with Gasteiger partial charge in [0.1, 0.15) is 5.76 Å². The molecule has 0 aliphatic heterocycles. The Bertz CT molecular complexity index is 757. The molecule has 210 valence electrons. The Morgan fingerprint density at radius 2 is 1.89 bits per heavy atom. The largest absolute Gasteiger partial charge is 0.496 e. The molecule has 0 saturated carbocycles. The normalized spacial score (nSPS) is 13.7. The van der Waals surface area contributed by atoms with Gasteiger partial charge in [0.25, 0.3) is 0 Å². The molecule has 7 nitrogen and oxygen atoms in total. The van der Waals surface area contributed by atoms with E-state index in [-0.39, 0.29) is 38.0 Å². The zero-order chi connectivity index (χ0) is 28.5. The lowest BCUT2D eigenvalue weighted by atomic mass is 10.2. The molecule has 0 aliphatic carbocycles. The van der Waals surface area contributed by atoms with Crippen molar-refractivity contribution >= 4 is 39.1 Å². The van der Waals surface area contributed by atoms with E-state index in [1.807, 2.05) is 52.6 Å². The van der Waals surface area contributed by atoms with Crippen molar-refractivity contribution in [3.63, 3.8) is 0 Å². The number of nitrogens with zero attached hydrogens (tertiary/aromatic N) is 4. The van der Waals surface area contributed by atoms with Crippen LogP contribution >= 0.6 is 27.5 Å². The Kier molecular flexibility index (Phi) is 19.6. The third-order valence-corrected chi connectivity index (χ3v) is 5.55. The number of carbonyl (C=O) groups is 1. The van der Waals surface area contributed by atoms with Crippen LogP contribution in [0.5, 0.6) is 0 Å². The average Bonchev–Trinajstić information content (AvgIpc) is 2.82. The highest BCUT2D eigenvalue weighted by Crippen LogP contribution is 2.20. The molecule has 2 N–H and O–H groups in total. The standard InChI is InChI=1S/C22H36BrClF3N5O2.C2H6/c1-7-18(13-19(34-6)17(4)23)30(5)15-16(3)32(8-2)21(33)9-11-31(12-10-28)29-20(14-24)22(25,26)27;1-2/h7,13,16H,1,8-12,14-15,28H2,2-6H3;1-2H3/b18-13+,19-17-,29-20+;. The van der Waals surface area contributed by atoms with Crippen molar-refractivity contribution in [3.8, 4) is 0 Å². The van der Waals surface area contributed by atoms with Gasteiger partial charge >= 0.3 is 6.18 Å². The Balaban J connectivity index is 0. The number of methoxy groups -OCH3 is 1. The number of hydrogen-bond acceptors (Lipinski definition) is 6. The summed E-state index contributed by atoms with van der Waals surface area (Å²) in [6.45, 7) is 14.6. The first-order valence-corrected chi connectivity index (χ1v) is 13.1. The number of ether oxygens (including phenoxy) is 1. The zero-order valence-corrected chi connectivity index (χ0v) is 24.8. The summed E-state index contributed by atoms with van der Waals surface area (Å²) in [5, 5.41) is 4.73. The van der Waals surface area contributed by atoms with E-state index in [1.54, 1.807) is 18.1 Å². The third-order valence-electron chi connectivity index (χ3n) is 4.91. The molecular formula is C24H42BrClF3N5O2. The van der Waals surface area contributed by atoms with Crippen molar-refractivity contribution in [2.75, 3.05) is 52.8 Å². The van der Waals surface area contributed by atoms with E-state index in [2.05, 4.69) is 27.6 Å². The maximum Gasteiger partial charge on any atom is 0.432 e. The highest BCUT2D eigenvalue weighted by Gasteiger charge is 2.35. The van der Waals surface area contributed by atoms with Gasteiger partial charge in [0, 0.05) is 68.5 Å². The van der Waals surface area contributed by atoms with E-state index >= 15 is 0 Å². The molecule has 0 spiro atoms. The average molecular weight is 605 g/mol. The fourth-order valence-corrected chi connectivity index (χ4v) is 3.63. The number of hydrazone groups is 1. The second-order valence-electron chi connectivity index (χ2n) is 7.45. The van der Waals surface area contributed by atoms with Crippen LogP contribution in [0.4, 0.5) is 13.2 Å². The molecule has 0 saturated heterocycles. The maximum absolute atomic E-state index is 13.0. The molecule has 1 amide bonds. The maximum atomic E-state index is 13.0. The number of halogens is 5. The van der Waals surface area contributed by atoms with Crippen LogP contribution in [0, 0.1) is 0 Å². The summed E-state index contributed by atoms with van der Waals surface area (Å²) >= 11 is 8.80. The molecule has 0 rings (SSSR count). The number of rotatable bonds is 15. The second-order valence-corrected chi connectivity index (χ2v) is 8.91. The van der Waals surface area contributed by atoms with E-state index in [0.717, 1.165) is 15.2 Å². The lowest BCUT2D eigenvalue weighted by Crippen LogP contribution is -2.45. The lowest BCUT2D eigenvalue weighted by Gasteiger charge is -2.33. The summed E-state index contributed by atoms with van der Waals surface area (Å²) in [5.74, 6) is -0.331. The summed E-state index contributed by atoms with van der Waals surface area (Å²) in [4.78, 5) is 16.5. The van der Waals surface area contributed by atoms with Crippen molar-refractivity contribution in [3.05, 3.63) is 34.7 Å². The van der Waals surface area contributed by atoms with Crippen LogP contribution in [0.25, 0.3) is 0 Å².